The molecular formula is C5H22O13P2. The van der Waals surface area contributed by atoms with Gasteiger partial charge in [-0.25, -0.2) is 9.13 Å². The van der Waals surface area contributed by atoms with E-state index in [-0.39, 0.29) is 23.0 Å². The number of hydrogen-bond donors (Lipinski definition) is 7. The van der Waals surface area contributed by atoms with E-state index in [0.29, 0.717) is 0 Å². The predicted molar refractivity (Wildman–Crippen MR) is 67.5 cm³/mol. The van der Waals surface area contributed by atoms with Gasteiger partial charge in [-0.1, -0.05) is 6.08 Å². The maximum atomic E-state index is 8.88. The van der Waals surface area contributed by atoms with Crippen LogP contribution in [0.1, 0.15) is 0 Å². The fourth-order valence-corrected chi connectivity index (χ4v) is 0. The molecule has 0 amide bonds. The van der Waals surface area contributed by atoms with Crippen LogP contribution < -0.4 is 0 Å². The summed E-state index contributed by atoms with van der Waals surface area (Å²) in [5.74, 6) is 0. The third kappa shape index (κ3) is 1610. The summed E-state index contributed by atoms with van der Waals surface area (Å²) in [7, 11) is -9.28. The molecule has 1 rings (SSSR count). The first-order valence-electron chi connectivity index (χ1n) is 3.78. The second-order valence-corrected chi connectivity index (χ2v) is 4.16. The monoisotopic (exact) mass is 352 g/mol. The summed E-state index contributed by atoms with van der Waals surface area (Å²) < 4.78 is 22.3. The lowest BCUT2D eigenvalue weighted by Gasteiger charge is -1.82. The number of hydrogen-bond acceptors (Lipinski definition) is 4. The van der Waals surface area contributed by atoms with Crippen molar-refractivity contribution in [1.29, 1.82) is 0 Å². The lowest BCUT2D eigenvalue weighted by Crippen LogP contribution is -1.66. The Balaban J connectivity index is -0.0000000314. The standard InChI is InChI=1S/C3H6O.C2H4O.2H3O4P.3H2O/c1-2-3-4;1-2-3-1;2*1-5(2,3)4;;;/h2,4H,1,3H2;1-2H2;2*(H3,1,2,3,4);3*1H2. The van der Waals surface area contributed by atoms with Crippen LogP contribution >= 0.6 is 15.6 Å². The summed E-state index contributed by atoms with van der Waals surface area (Å²) in [5, 5.41) is 7.76. The molecule has 1 fully saturated rings. The molecule has 130 valence electrons. The molecule has 0 aromatic heterocycles. The number of rotatable bonds is 1. The highest BCUT2D eigenvalue weighted by molar-refractivity contribution is 7.45. The Morgan fingerprint density at radius 3 is 1.00 bits per heavy atom. The molecule has 1 heterocycles. The van der Waals surface area contributed by atoms with E-state index in [0.717, 1.165) is 13.2 Å². The summed E-state index contributed by atoms with van der Waals surface area (Å²) in [6.45, 7) is 5.31. The molecule has 0 atom stereocenters. The van der Waals surface area contributed by atoms with Gasteiger partial charge in [-0.15, -0.1) is 6.58 Å². The van der Waals surface area contributed by atoms with E-state index in [1.165, 1.54) is 6.08 Å². The van der Waals surface area contributed by atoms with Gasteiger partial charge in [0.2, 0.25) is 0 Å². The van der Waals surface area contributed by atoms with Crippen molar-refractivity contribution in [3.8, 4) is 0 Å². The maximum absolute atomic E-state index is 8.88. The largest absolute Gasteiger partial charge is 0.466 e. The minimum atomic E-state index is -4.64. The zero-order valence-electron chi connectivity index (χ0n) is 10.2. The number of epoxide rings is 1. The zero-order chi connectivity index (χ0) is 14.5. The van der Waals surface area contributed by atoms with Crippen molar-refractivity contribution in [1.82, 2.24) is 0 Å². The molecule has 13 N–H and O–H groups in total. The van der Waals surface area contributed by atoms with Gasteiger partial charge < -0.3 is 55.6 Å². The van der Waals surface area contributed by atoms with E-state index in [2.05, 4.69) is 11.3 Å². The van der Waals surface area contributed by atoms with Gasteiger partial charge >= 0.3 is 15.6 Å². The van der Waals surface area contributed by atoms with E-state index in [9.17, 15) is 0 Å². The first kappa shape index (κ1) is 36.7. The fourth-order valence-electron chi connectivity index (χ4n) is 0. The second kappa shape index (κ2) is 21.1. The number of aliphatic hydroxyl groups excluding tert-OH is 1. The van der Waals surface area contributed by atoms with E-state index in [1.807, 2.05) is 0 Å². The summed E-state index contributed by atoms with van der Waals surface area (Å²) in [6, 6.07) is 0. The first-order valence-corrected chi connectivity index (χ1v) is 6.91. The third-order valence-electron chi connectivity index (χ3n) is 0.333. The smallest absolute Gasteiger partial charge is 0.412 e. The van der Waals surface area contributed by atoms with Crippen molar-refractivity contribution in [3.05, 3.63) is 12.7 Å². The molecule has 20 heavy (non-hydrogen) atoms. The zero-order valence-corrected chi connectivity index (χ0v) is 11.9. The van der Waals surface area contributed by atoms with Crippen molar-refractivity contribution >= 4 is 15.6 Å². The molecule has 1 aliphatic rings. The summed E-state index contributed by atoms with van der Waals surface area (Å²) >= 11 is 0. The Kier molecular flexibility index (Phi) is 38.7. The van der Waals surface area contributed by atoms with Crippen LogP contribution in [0.4, 0.5) is 0 Å². The number of aliphatic hydroxyl groups is 1. The molecule has 0 spiro atoms. The van der Waals surface area contributed by atoms with Crippen molar-refractivity contribution in [2.24, 2.45) is 0 Å². The Labute approximate surface area is 114 Å². The SMILES string of the molecule is C1CO1.C=CCO.O.O.O.O=P(O)(O)O.O=P(O)(O)O. The average molecular weight is 352 g/mol. The normalized spacial score (nSPS) is 10.8. The molecule has 0 aliphatic carbocycles. The van der Waals surface area contributed by atoms with E-state index < -0.39 is 15.6 Å². The van der Waals surface area contributed by atoms with Gasteiger partial charge in [0.15, 0.2) is 0 Å². The van der Waals surface area contributed by atoms with Crippen molar-refractivity contribution < 1.29 is 64.8 Å². The van der Waals surface area contributed by atoms with Crippen LogP contribution in [0.5, 0.6) is 0 Å². The number of ether oxygens (including phenoxy) is 1. The second-order valence-electron chi connectivity index (χ2n) is 2.11. The van der Waals surface area contributed by atoms with E-state index >= 15 is 0 Å². The molecule has 0 aromatic rings. The maximum Gasteiger partial charge on any atom is 0.466 e. The van der Waals surface area contributed by atoms with Crippen LogP contribution in [-0.4, -0.2) is 70.7 Å². The van der Waals surface area contributed by atoms with Crippen molar-refractivity contribution in [2.75, 3.05) is 19.8 Å². The van der Waals surface area contributed by atoms with Gasteiger partial charge in [-0.2, -0.15) is 0 Å². The Morgan fingerprint density at radius 2 is 1.00 bits per heavy atom. The van der Waals surface area contributed by atoms with Gasteiger partial charge in [-0.05, 0) is 0 Å². The molecule has 0 saturated carbocycles. The van der Waals surface area contributed by atoms with Crippen LogP contribution in [0, 0.1) is 0 Å². The fraction of sp³-hybridized carbons (Fsp3) is 0.600. The van der Waals surface area contributed by atoms with E-state index in [1.54, 1.807) is 0 Å². The molecule has 0 radical (unpaired) electrons. The van der Waals surface area contributed by atoms with Crippen LogP contribution in [-0.2, 0) is 13.9 Å². The highest BCUT2D eigenvalue weighted by atomic mass is 31.2. The minimum absolute atomic E-state index is 0. The lowest BCUT2D eigenvalue weighted by atomic mass is 10.7. The van der Waals surface area contributed by atoms with Gasteiger partial charge in [0, 0.05) is 0 Å². The quantitative estimate of drug-likeness (QED) is 0.136. The molecule has 15 heteroatoms. The van der Waals surface area contributed by atoms with Crippen molar-refractivity contribution in [2.45, 2.75) is 0 Å². The molecule has 1 saturated heterocycles. The molecule has 0 unspecified atom stereocenters. The minimum Gasteiger partial charge on any atom is -0.412 e. The Morgan fingerprint density at radius 1 is 0.900 bits per heavy atom. The lowest BCUT2D eigenvalue weighted by molar-refractivity contribution is 0.272. The Hall–Kier alpha value is -0.240. The molecular weight excluding hydrogens is 330 g/mol. The number of phosphoric acid groups is 2. The summed E-state index contributed by atoms with van der Waals surface area (Å²) in [6.07, 6.45) is 1.43. The highest BCUT2D eigenvalue weighted by Crippen LogP contribution is 2.26. The molecule has 0 aromatic carbocycles. The molecule has 1 aliphatic heterocycles. The first-order chi connectivity index (χ1) is 7.41. The van der Waals surface area contributed by atoms with Gasteiger partial charge in [0.05, 0.1) is 19.8 Å². The third-order valence-corrected chi connectivity index (χ3v) is 0.333. The topological polar surface area (TPSA) is 283 Å². The van der Waals surface area contributed by atoms with E-state index in [4.69, 9.17) is 43.6 Å². The van der Waals surface area contributed by atoms with Crippen molar-refractivity contribution in [3.63, 3.8) is 0 Å². The van der Waals surface area contributed by atoms with Crippen LogP contribution in [0.3, 0.4) is 0 Å². The Bertz CT molecular complexity index is 214. The van der Waals surface area contributed by atoms with Crippen LogP contribution in [0.25, 0.3) is 0 Å². The summed E-state index contributed by atoms with van der Waals surface area (Å²) in [5.41, 5.74) is 0. The van der Waals surface area contributed by atoms with Crippen LogP contribution in [0.15, 0.2) is 12.7 Å². The highest BCUT2D eigenvalue weighted by Gasteiger charge is 2.00. The molecule has 13 nitrogen and oxygen atoms in total. The predicted octanol–water partition coefficient (Wildman–Crippen LogP) is -4.15. The molecule has 0 bridgehead atoms. The average Bonchev–Trinajstić information content (AvgIpc) is 2.82. The van der Waals surface area contributed by atoms with Gasteiger partial charge in [0.25, 0.3) is 0 Å². The van der Waals surface area contributed by atoms with Gasteiger partial charge in [0.1, 0.15) is 0 Å². The van der Waals surface area contributed by atoms with Crippen LogP contribution in [0.2, 0.25) is 0 Å². The van der Waals surface area contributed by atoms with Gasteiger partial charge in [-0.3, -0.25) is 0 Å². The summed E-state index contributed by atoms with van der Waals surface area (Å²) in [4.78, 5) is 43.1.